The van der Waals surface area contributed by atoms with Gasteiger partial charge in [-0.2, -0.15) is 0 Å². The van der Waals surface area contributed by atoms with Crippen LogP contribution < -0.4 is 5.73 Å². The Bertz CT molecular complexity index is 244. The van der Waals surface area contributed by atoms with Crippen LogP contribution in [0.25, 0.3) is 0 Å². The Morgan fingerprint density at radius 1 is 1.41 bits per heavy atom. The maximum absolute atomic E-state index is 11.9. The number of nitrogens with two attached hydrogens (primary N) is 1. The molecule has 1 amide bonds. The Morgan fingerprint density at radius 3 is 2.53 bits per heavy atom. The van der Waals surface area contributed by atoms with Crippen molar-refractivity contribution < 1.29 is 14.3 Å². The van der Waals surface area contributed by atoms with Gasteiger partial charge < -0.3 is 15.4 Å². The Morgan fingerprint density at radius 2 is 2.06 bits per heavy atom. The maximum Gasteiger partial charge on any atom is 0.305 e. The Kier molecular flexibility index (Phi) is 8.40. The molecule has 17 heavy (non-hydrogen) atoms. The van der Waals surface area contributed by atoms with Gasteiger partial charge >= 0.3 is 5.97 Å². The van der Waals surface area contributed by atoms with Crippen LogP contribution in [0.1, 0.15) is 32.6 Å². The van der Waals surface area contributed by atoms with Gasteiger partial charge in [0.25, 0.3) is 0 Å². The van der Waals surface area contributed by atoms with Crippen molar-refractivity contribution in [1.29, 1.82) is 0 Å². The highest BCUT2D eigenvalue weighted by Crippen LogP contribution is 2.09. The van der Waals surface area contributed by atoms with Crippen molar-refractivity contribution >= 4 is 11.9 Å². The van der Waals surface area contributed by atoms with Crippen molar-refractivity contribution in [2.24, 2.45) is 11.7 Å². The molecule has 0 aliphatic carbocycles. The summed E-state index contributed by atoms with van der Waals surface area (Å²) in [5, 5.41) is 0. The number of ether oxygens (including phenoxy) is 1. The van der Waals surface area contributed by atoms with E-state index in [1.165, 1.54) is 7.11 Å². The number of carbonyl (C=O) groups excluding carboxylic acids is 2. The molecule has 0 aliphatic heterocycles. The first kappa shape index (κ1) is 15.9. The first-order valence-corrected chi connectivity index (χ1v) is 6.08. The summed E-state index contributed by atoms with van der Waals surface area (Å²) < 4.78 is 4.54. The first-order chi connectivity index (χ1) is 8.06. The standard InChI is InChI=1S/C12H24N2O3/c1-4-6-10(9-13)12(16)14(2)8-5-7-11(15)17-3/h10H,4-9,13H2,1-3H3. The highest BCUT2D eigenvalue weighted by molar-refractivity contribution is 5.78. The largest absolute Gasteiger partial charge is 0.469 e. The lowest BCUT2D eigenvalue weighted by atomic mass is 10.0. The predicted octanol–water partition coefficient (Wildman–Crippen LogP) is 0.773. The number of esters is 1. The van der Waals surface area contributed by atoms with Gasteiger partial charge in [0.05, 0.1) is 13.0 Å². The first-order valence-electron chi connectivity index (χ1n) is 6.08. The van der Waals surface area contributed by atoms with E-state index in [4.69, 9.17) is 5.73 Å². The van der Waals surface area contributed by atoms with E-state index in [2.05, 4.69) is 4.74 Å². The number of hydrogen-bond donors (Lipinski definition) is 1. The predicted molar refractivity (Wildman–Crippen MR) is 66.3 cm³/mol. The normalized spacial score (nSPS) is 12.0. The smallest absolute Gasteiger partial charge is 0.305 e. The third kappa shape index (κ3) is 6.26. The van der Waals surface area contributed by atoms with Crippen LogP contribution in [0.2, 0.25) is 0 Å². The molecule has 0 aromatic carbocycles. The molecule has 0 heterocycles. The van der Waals surface area contributed by atoms with Gasteiger partial charge in [-0.25, -0.2) is 0 Å². The number of methoxy groups -OCH3 is 1. The molecule has 0 radical (unpaired) electrons. The third-order valence-corrected chi connectivity index (χ3v) is 2.75. The summed E-state index contributed by atoms with van der Waals surface area (Å²) in [4.78, 5) is 24.5. The highest BCUT2D eigenvalue weighted by atomic mass is 16.5. The number of carbonyl (C=O) groups is 2. The van der Waals surface area contributed by atoms with Gasteiger partial charge in [-0.05, 0) is 12.8 Å². The van der Waals surface area contributed by atoms with E-state index in [-0.39, 0.29) is 17.8 Å². The number of nitrogens with zero attached hydrogens (tertiary/aromatic N) is 1. The van der Waals surface area contributed by atoms with E-state index in [1.807, 2.05) is 6.92 Å². The lowest BCUT2D eigenvalue weighted by Gasteiger charge is -2.22. The molecule has 0 aliphatic rings. The molecule has 0 spiro atoms. The summed E-state index contributed by atoms with van der Waals surface area (Å²) in [6.07, 6.45) is 2.73. The van der Waals surface area contributed by atoms with E-state index in [0.717, 1.165) is 12.8 Å². The zero-order chi connectivity index (χ0) is 13.3. The molecule has 0 rings (SSSR count). The van der Waals surface area contributed by atoms with Crippen LogP contribution in [0.15, 0.2) is 0 Å². The van der Waals surface area contributed by atoms with E-state index in [0.29, 0.717) is 25.9 Å². The van der Waals surface area contributed by atoms with Gasteiger partial charge in [0.15, 0.2) is 0 Å². The van der Waals surface area contributed by atoms with Crippen LogP contribution in [0, 0.1) is 5.92 Å². The van der Waals surface area contributed by atoms with Crippen molar-refractivity contribution in [2.45, 2.75) is 32.6 Å². The van der Waals surface area contributed by atoms with Gasteiger partial charge in [-0.3, -0.25) is 9.59 Å². The van der Waals surface area contributed by atoms with Gasteiger partial charge in [0, 0.05) is 26.6 Å². The number of rotatable bonds is 8. The average Bonchev–Trinajstić information content (AvgIpc) is 2.34. The summed E-state index contributed by atoms with van der Waals surface area (Å²) in [5.74, 6) is -0.267. The molecule has 5 nitrogen and oxygen atoms in total. The lowest BCUT2D eigenvalue weighted by Crippen LogP contribution is -2.37. The van der Waals surface area contributed by atoms with Gasteiger partial charge in [0.2, 0.25) is 5.91 Å². The fourth-order valence-electron chi connectivity index (χ4n) is 1.68. The molecule has 1 atom stereocenters. The van der Waals surface area contributed by atoms with Crippen LogP contribution in [0.5, 0.6) is 0 Å². The highest BCUT2D eigenvalue weighted by Gasteiger charge is 2.19. The molecule has 1 unspecified atom stereocenters. The van der Waals surface area contributed by atoms with E-state index >= 15 is 0 Å². The van der Waals surface area contributed by atoms with Crippen LogP contribution in [-0.2, 0) is 14.3 Å². The second-order valence-electron chi connectivity index (χ2n) is 4.16. The Labute approximate surface area is 103 Å². The summed E-state index contributed by atoms with van der Waals surface area (Å²) in [7, 11) is 3.11. The molecule has 2 N–H and O–H groups in total. The fraction of sp³-hybridized carbons (Fsp3) is 0.833. The second kappa shape index (κ2) is 8.98. The zero-order valence-corrected chi connectivity index (χ0v) is 11.1. The van der Waals surface area contributed by atoms with E-state index in [9.17, 15) is 9.59 Å². The Balaban J connectivity index is 3.99. The maximum atomic E-state index is 11.9. The molecule has 0 aromatic heterocycles. The van der Waals surface area contributed by atoms with Crippen molar-refractivity contribution in [1.82, 2.24) is 4.90 Å². The average molecular weight is 244 g/mol. The molecular formula is C12H24N2O3. The fourth-order valence-corrected chi connectivity index (χ4v) is 1.68. The van der Waals surface area contributed by atoms with Gasteiger partial charge in [-0.15, -0.1) is 0 Å². The topological polar surface area (TPSA) is 72.6 Å². The SMILES string of the molecule is CCCC(CN)C(=O)N(C)CCCC(=O)OC. The van der Waals surface area contributed by atoms with Crippen LogP contribution >= 0.6 is 0 Å². The van der Waals surface area contributed by atoms with Crippen LogP contribution in [0.3, 0.4) is 0 Å². The summed E-state index contributed by atoms with van der Waals surface area (Å²) >= 11 is 0. The lowest BCUT2D eigenvalue weighted by molar-refractivity contribution is -0.141. The molecular weight excluding hydrogens is 220 g/mol. The summed E-state index contributed by atoms with van der Waals surface area (Å²) in [5.41, 5.74) is 5.57. The molecule has 0 bridgehead atoms. The Hall–Kier alpha value is -1.10. The summed E-state index contributed by atoms with van der Waals surface area (Å²) in [6, 6.07) is 0. The van der Waals surface area contributed by atoms with E-state index < -0.39 is 0 Å². The quantitative estimate of drug-likeness (QED) is 0.640. The second-order valence-corrected chi connectivity index (χ2v) is 4.16. The molecule has 5 heteroatoms. The zero-order valence-electron chi connectivity index (χ0n) is 11.1. The number of amides is 1. The minimum atomic E-state index is -0.241. The molecule has 0 aromatic rings. The van der Waals surface area contributed by atoms with Crippen molar-refractivity contribution in [3.63, 3.8) is 0 Å². The molecule has 0 fully saturated rings. The molecule has 0 saturated heterocycles. The molecule has 100 valence electrons. The van der Waals surface area contributed by atoms with Crippen LogP contribution in [0.4, 0.5) is 0 Å². The summed E-state index contributed by atoms with van der Waals surface area (Å²) in [6.45, 7) is 2.98. The van der Waals surface area contributed by atoms with Crippen molar-refractivity contribution in [3.8, 4) is 0 Å². The monoisotopic (exact) mass is 244 g/mol. The van der Waals surface area contributed by atoms with Crippen LogP contribution in [-0.4, -0.2) is 44.0 Å². The van der Waals surface area contributed by atoms with E-state index in [1.54, 1.807) is 11.9 Å². The minimum Gasteiger partial charge on any atom is -0.469 e. The third-order valence-electron chi connectivity index (χ3n) is 2.75. The van der Waals surface area contributed by atoms with Crippen molar-refractivity contribution in [3.05, 3.63) is 0 Å². The molecule has 0 saturated carbocycles. The van der Waals surface area contributed by atoms with Gasteiger partial charge in [0.1, 0.15) is 0 Å². The minimum absolute atomic E-state index is 0.0687. The number of hydrogen-bond acceptors (Lipinski definition) is 4. The van der Waals surface area contributed by atoms with Gasteiger partial charge in [-0.1, -0.05) is 13.3 Å². The van der Waals surface area contributed by atoms with Crippen molar-refractivity contribution in [2.75, 3.05) is 27.2 Å².